The predicted octanol–water partition coefficient (Wildman–Crippen LogP) is 5.06. The van der Waals surface area contributed by atoms with Gasteiger partial charge >= 0.3 is 0 Å². The Balaban J connectivity index is 2.42. The summed E-state index contributed by atoms with van der Waals surface area (Å²) in [7, 11) is 0. The number of rotatable bonds is 8. The Labute approximate surface area is 155 Å². The van der Waals surface area contributed by atoms with E-state index in [9.17, 15) is 4.39 Å². The van der Waals surface area contributed by atoms with Crippen molar-refractivity contribution < 1.29 is 4.39 Å². The smallest absolute Gasteiger partial charge is 0.213 e. The largest absolute Gasteiger partial charge is 0.341 e. The number of allylic oxidation sites excluding steroid dienone is 2. The fraction of sp³-hybridized carbons (Fsp3) is 0.381. The number of aromatic nitrogens is 3. The molecule has 0 spiro atoms. The van der Waals surface area contributed by atoms with Gasteiger partial charge in [0.25, 0.3) is 0 Å². The van der Waals surface area contributed by atoms with Gasteiger partial charge in [-0.2, -0.15) is 14.6 Å². The van der Waals surface area contributed by atoms with Crippen LogP contribution in [0.4, 0.5) is 4.39 Å². The molecule has 5 heteroatoms. The topological polar surface area (TPSA) is 41.9 Å². The van der Waals surface area contributed by atoms with Gasteiger partial charge in [-0.25, -0.2) is 4.98 Å². The molecule has 0 fully saturated rings. The number of nitrogens with zero attached hydrogens (tertiary/aromatic N) is 4. The first-order valence-corrected chi connectivity index (χ1v) is 9.13. The van der Waals surface area contributed by atoms with Gasteiger partial charge in [0.15, 0.2) is 0 Å². The number of pyridine rings is 1. The van der Waals surface area contributed by atoms with E-state index in [1.165, 1.54) is 11.6 Å². The van der Waals surface area contributed by atoms with Crippen LogP contribution >= 0.6 is 0 Å². The lowest BCUT2D eigenvalue weighted by molar-refractivity contribution is 0.500. The Morgan fingerprint density at radius 1 is 1.23 bits per heavy atom. The van der Waals surface area contributed by atoms with Gasteiger partial charge in [0.1, 0.15) is 0 Å². The molecule has 2 heterocycles. The van der Waals surface area contributed by atoms with Crippen LogP contribution in [0.1, 0.15) is 56.3 Å². The van der Waals surface area contributed by atoms with E-state index in [0.717, 1.165) is 36.3 Å². The molecule has 2 rings (SSSR count). The number of aryl methyl sites for hydroxylation is 2. The van der Waals surface area contributed by atoms with E-state index in [2.05, 4.69) is 46.1 Å². The summed E-state index contributed by atoms with van der Waals surface area (Å²) in [6.07, 6.45) is 8.83. The second kappa shape index (κ2) is 9.80. The summed E-state index contributed by atoms with van der Waals surface area (Å²) in [6, 6.07) is 6.97. The molecular weight excluding hydrogens is 327 g/mol. The summed E-state index contributed by atoms with van der Waals surface area (Å²) < 4.78 is 13.7. The molecule has 0 N–H and O–H groups in total. The lowest BCUT2D eigenvalue weighted by Gasteiger charge is -2.24. The molecule has 0 amide bonds. The lowest BCUT2D eigenvalue weighted by Crippen LogP contribution is -2.19. The summed E-state index contributed by atoms with van der Waals surface area (Å²) in [5.41, 5.74) is 4.55. The molecule has 0 atom stereocenters. The van der Waals surface area contributed by atoms with E-state index in [1.54, 1.807) is 6.07 Å². The lowest BCUT2D eigenvalue weighted by atomic mass is 10.1. The van der Waals surface area contributed by atoms with Crippen LogP contribution in [0.25, 0.3) is 5.70 Å². The number of hydrogen-bond acceptors (Lipinski definition) is 4. The Bertz CT molecular complexity index is 783. The molecule has 138 valence electrons. The quantitative estimate of drug-likeness (QED) is 0.622. The molecule has 0 aliphatic heterocycles. The first kappa shape index (κ1) is 19.8. The summed E-state index contributed by atoms with van der Waals surface area (Å²) in [6.45, 7) is 8.70. The maximum absolute atomic E-state index is 13.7. The van der Waals surface area contributed by atoms with Crippen molar-refractivity contribution >= 4 is 5.70 Å². The van der Waals surface area contributed by atoms with Crippen LogP contribution in [0.2, 0.25) is 0 Å². The van der Waals surface area contributed by atoms with Crippen LogP contribution in [0.15, 0.2) is 42.6 Å². The van der Waals surface area contributed by atoms with Gasteiger partial charge in [-0.1, -0.05) is 38.5 Å². The molecule has 0 saturated carbocycles. The van der Waals surface area contributed by atoms with E-state index in [1.807, 2.05) is 32.2 Å². The highest BCUT2D eigenvalue weighted by atomic mass is 19.1. The van der Waals surface area contributed by atoms with E-state index in [0.29, 0.717) is 12.2 Å². The molecule has 0 radical (unpaired) electrons. The second-order valence-corrected chi connectivity index (χ2v) is 6.16. The van der Waals surface area contributed by atoms with Crippen molar-refractivity contribution in [2.75, 3.05) is 0 Å². The van der Waals surface area contributed by atoms with Gasteiger partial charge < -0.3 is 4.90 Å². The van der Waals surface area contributed by atoms with Crippen molar-refractivity contribution in [3.63, 3.8) is 0 Å². The average Bonchev–Trinajstić information content (AvgIpc) is 2.62. The third-order valence-electron chi connectivity index (χ3n) is 3.94. The molecular formula is C21H27FN4. The summed E-state index contributed by atoms with van der Waals surface area (Å²) in [5, 5.41) is 8.66. The van der Waals surface area contributed by atoms with E-state index < -0.39 is 5.95 Å². The Hall–Kier alpha value is -2.56. The van der Waals surface area contributed by atoms with Crippen LogP contribution in [-0.4, -0.2) is 20.1 Å². The molecule has 2 aromatic rings. The van der Waals surface area contributed by atoms with Gasteiger partial charge in [-0.15, -0.1) is 0 Å². The zero-order chi connectivity index (χ0) is 18.9. The first-order chi connectivity index (χ1) is 12.6. The van der Waals surface area contributed by atoms with Gasteiger partial charge in [-0.3, -0.25) is 0 Å². The monoisotopic (exact) mass is 354 g/mol. The van der Waals surface area contributed by atoms with Crippen LogP contribution in [0.3, 0.4) is 0 Å². The molecule has 0 aliphatic rings. The molecule has 4 nitrogen and oxygen atoms in total. The SMILES string of the molecule is C/C=C\N(Cc1nnc(C)cc1CCC)/C(=C/CC)c1cccc(F)n1. The van der Waals surface area contributed by atoms with Crippen molar-refractivity contribution in [1.82, 2.24) is 20.1 Å². The number of halogens is 1. The van der Waals surface area contributed by atoms with Crippen LogP contribution in [0.5, 0.6) is 0 Å². The minimum absolute atomic E-state index is 0.480. The second-order valence-electron chi connectivity index (χ2n) is 6.16. The summed E-state index contributed by atoms with van der Waals surface area (Å²) in [4.78, 5) is 6.12. The fourth-order valence-electron chi connectivity index (χ4n) is 2.86. The Morgan fingerprint density at radius 3 is 2.69 bits per heavy atom. The molecule has 0 saturated heterocycles. The number of hydrogen-bond donors (Lipinski definition) is 0. The third-order valence-corrected chi connectivity index (χ3v) is 3.94. The van der Waals surface area contributed by atoms with E-state index in [4.69, 9.17) is 0 Å². The standard InChI is InChI=1S/C21H27FN4/c1-5-9-17-14-16(4)24-25-19(17)15-26(13-7-3)20(10-6-2)18-11-8-12-21(22)23-18/h7-8,10-14H,5-6,9,15H2,1-4H3/b13-7-,20-10+. The van der Waals surface area contributed by atoms with E-state index >= 15 is 0 Å². The van der Waals surface area contributed by atoms with Gasteiger partial charge in [0.2, 0.25) is 5.95 Å². The molecule has 26 heavy (non-hydrogen) atoms. The molecule has 0 aliphatic carbocycles. The average molecular weight is 354 g/mol. The molecule has 0 aromatic carbocycles. The molecule has 0 bridgehead atoms. The first-order valence-electron chi connectivity index (χ1n) is 9.13. The maximum atomic E-state index is 13.7. The third kappa shape index (κ3) is 5.22. The Morgan fingerprint density at radius 2 is 2.04 bits per heavy atom. The van der Waals surface area contributed by atoms with Crippen LogP contribution in [0, 0.1) is 12.9 Å². The molecule has 0 unspecified atom stereocenters. The van der Waals surface area contributed by atoms with Crippen molar-refractivity contribution in [2.45, 2.75) is 53.5 Å². The van der Waals surface area contributed by atoms with Crippen molar-refractivity contribution in [3.05, 3.63) is 71.2 Å². The normalized spacial score (nSPS) is 12.0. The highest BCUT2D eigenvalue weighted by Gasteiger charge is 2.15. The fourth-order valence-corrected chi connectivity index (χ4v) is 2.86. The minimum atomic E-state index is -0.480. The zero-order valence-corrected chi connectivity index (χ0v) is 16.0. The zero-order valence-electron chi connectivity index (χ0n) is 16.0. The van der Waals surface area contributed by atoms with Crippen molar-refractivity contribution in [3.8, 4) is 0 Å². The van der Waals surface area contributed by atoms with Gasteiger partial charge in [0, 0.05) is 6.20 Å². The van der Waals surface area contributed by atoms with Gasteiger partial charge in [-0.05, 0) is 50.5 Å². The summed E-state index contributed by atoms with van der Waals surface area (Å²) in [5.74, 6) is -0.480. The van der Waals surface area contributed by atoms with Crippen molar-refractivity contribution in [2.24, 2.45) is 0 Å². The highest BCUT2D eigenvalue weighted by Crippen LogP contribution is 2.23. The highest BCUT2D eigenvalue weighted by molar-refractivity contribution is 5.61. The van der Waals surface area contributed by atoms with Crippen LogP contribution in [-0.2, 0) is 13.0 Å². The minimum Gasteiger partial charge on any atom is -0.341 e. The predicted molar refractivity (Wildman–Crippen MR) is 104 cm³/mol. The molecule has 2 aromatic heterocycles. The van der Waals surface area contributed by atoms with Gasteiger partial charge in [0.05, 0.1) is 29.3 Å². The van der Waals surface area contributed by atoms with E-state index in [-0.39, 0.29) is 0 Å². The maximum Gasteiger partial charge on any atom is 0.213 e. The Kier molecular flexibility index (Phi) is 7.45. The summed E-state index contributed by atoms with van der Waals surface area (Å²) >= 11 is 0. The van der Waals surface area contributed by atoms with Crippen LogP contribution < -0.4 is 0 Å². The van der Waals surface area contributed by atoms with Crippen molar-refractivity contribution in [1.29, 1.82) is 0 Å².